The average Bonchev–Trinajstić information content (AvgIpc) is 2.51. The summed E-state index contributed by atoms with van der Waals surface area (Å²) in [5.74, 6) is 1.10. The van der Waals surface area contributed by atoms with Crippen molar-refractivity contribution in [1.82, 2.24) is 5.32 Å². The van der Waals surface area contributed by atoms with E-state index in [1.807, 2.05) is 32.1 Å². The summed E-state index contributed by atoms with van der Waals surface area (Å²) >= 11 is 0. The number of hydrogen-bond acceptors (Lipinski definition) is 3. The van der Waals surface area contributed by atoms with Crippen LogP contribution in [-0.4, -0.2) is 13.0 Å². The first-order chi connectivity index (χ1) is 10.5. The molecule has 120 valence electrons. The number of carbonyl (C=O) groups is 1. The van der Waals surface area contributed by atoms with Crippen LogP contribution in [0.25, 0.3) is 0 Å². The largest absolute Gasteiger partial charge is 0.496 e. The van der Waals surface area contributed by atoms with Crippen molar-refractivity contribution in [2.45, 2.75) is 40.0 Å². The fourth-order valence-electron chi connectivity index (χ4n) is 1.89. The standard InChI is InChI=1S/C18H25NO3/c1-6-8-17(22-11-7-2)19-18(20)15-10-9-14(13(3)4)12-16(15)21-5/h7-13H,6H2,1-5H3,(H,19,20)/b11-7-,17-8+. The molecule has 0 bridgehead atoms. The van der Waals surface area contributed by atoms with Gasteiger partial charge in [-0.3, -0.25) is 10.1 Å². The molecule has 0 fully saturated rings. The summed E-state index contributed by atoms with van der Waals surface area (Å²) in [6, 6.07) is 5.62. The van der Waals surface area contributed by atoms with Crippen molar-refractivity contribution in [2.75, 3.05) is 7.11 Å². The van der Waals surface area contributed by atoms with Crippen molar-refractivity contribution >= 4 is 5.91 Å². The second kappa shape index (κ2) is 8.93. The van der Waals surface area contributed by atoms with E-state index in [-0.39, 0.29) is 5.91 Å². The van der Waals surface area contributed by atoms with E-state index in [1.165, 1.54) is 6.26 Å². The van der Waals surface area contributed by atoms with Gasteiger partial charge in [0.1, 0.15) is 5.75 Å². The number of rotatable bonds is 7. The Balaban J connectivity index is 2.99. The third-order valence-electron chi connectivity index (χ3n) is 3.09. The number of amides is 1. The number of allylic oxidation sites excluding steroid dienone is 2. The molecule has 0 aliphatic rings. The Labute approximate surface area is 132 Å². The maximum absolute atomic E-state index is 12.4. The quantitative estimate of drug-likeness (QED) is 0.762. The minimum Gasteiger partial charge on any atom is -0.496 e. The lowest BCUT2D eigenvalue weighted by molar-refractivity contribution is 0.0939. The first kappa shape index (κ1) is 17.8. The lowest BCUT2D eigenvalue weighted by atomic mass is 10.0. The van der Waals surface area contributed by atoms with Gasteiger partial charge in [0.2, 0.25) is 0 Å². The van der Waals surface area contributed by atoms with Gasteiger partial charge < -0.3 is 9.47 Å². The van der Waals surface area contributed by atoms with Gasteiger partial charge in [-0.25, -0.2) is 0 Å². The molecule has 0 heterocycles. The van der Waals surface area contributed by atoms with Crippen LogP contribution in [0.3, 0.4) is 0 Å². The maximum Gasteiger partial charge on any atom is 0.261 e. The van der Waals surface area contributed by atoms with Crippen molar-refractivity contribution in [2.24, 2.45) is 0 Å². The molecule has 1 amide bonds. The minimum absolute atomic E-state index is 0.253. The minimum atomic E-state index is -0.253. The van der Waals surface area contributed by atoms with Crippen LogP contribution in [0.2, 0.25) is 0 Å². The molecule has 1 rings (SSSR count). The number of carbonyl (C=O) groups excluding carboxylic acids is 1. The average molecular weight is 303 g/mol. The zero-order valence-electron chi connectivity index (χ0n) is 14.0. The summed E-state index contributed by atoms with van der Waals surface area (Å²) in [4.78, 5) is 12.4. The lowest BCUT2D eigenvalue weighted by Gasteiger charge is -2.13. The number of ether oxygens (including phenoxy) is 2. The van der Waals surface area contributed by atoms with Crippen LogP contribution in [0, 0.1) is 0 Å². The van der Waals surface area contributed by atoms with Gasteiger partial charge in [-0.2, -0.15) is 0 Å². The first-order valence-corrected chi connectivity index (χ1v) is 7.50. The van der Waals surface area contributed by atoms with Crippen LogP contribution in [0.1, 0.15) is 56.0 Å². The SMILES string of the molecule is C/C=C\O/C(=C/CC)NC(=O)c1ccc(C(C)C)cc1OC. The third-order valence-corrected chi connectivity index (χ3v) is 3.09. The number of hydrogen-bond donors (Lipinski definition) is 1. The highest BCUT2D eigenvalue weighted by atomic mass is 16.5. The number of benzene rings is 1. The van der Waals surface area contributed by atoms with Crippen molar-refractivity contribution in [3.63, 3.8) is 0 Å². The van der Waals surface area contributed by atoms with E-state index in [2.05, 4.69) is 19.2 Å². The van der Waals surface area contributed by atoms with E-state index in [1.54, 1.807) is 19.3 Å². The Morgan fingerprint density at radius 2 is 2.09 bits per heavy atom. The first-order valence-electron chi connectivity index (χ1n) is 7.50. The third kappa shape index (κ3) is 4.95. The molecule has 0 spiro atoms. The normalized spacial score (nSPS) is 11.8. The molecule has 0 saturated carbocycles. The molecule has 0 unspecified atom stereocenters. The second-order valence-electron chi connectivity index (χ2n) is 5.13. The predicted molar refractivity (Wildman–Crippen MR) is 88.8 cm³/mol. The van der Waals surface area contributed by atoms with Crippen LogP contribution in [0.15, 0.2) is 42.5 Å². The molecular formula is C18H25NO3. The van der Waals surface area contributed by atoms with Crippen LogP contribution >= 0.6 is 0 Å². The number of nitrogens with one attached hydrogen (secondary N) is 1. The van der Waals surface area contributed by atoms with Crippen molar-refractivity contribution < 1.29 is 14.3 Å². The fourth-order valence-corrected chi connectivity index (χ4v) is 1.89. The molecule has 0 aromatic heterocycles. The Kier molecular flexibility index (Phi) is 7.23. The van der Waals surface area contributed by atoms with Crippen LogP contribution < -0.4 is 10.1 Å². The van der Waals surface area contributed by atoms with Crippen molar-refractivity contribution in [3.8, 4) is 5.75 Å². The van der Waals surface area contributed by atoms with Crippen molar-refractivity contribution in [1.29, 1.82) is 0 Å². The fraction of sp³-hybridized carbons (Fsp3) is 0.389. The molecule has 0 saturated heterocycles. The summed E-state index contributed by atoms with van der Waals surface area (Å²) in [5, 5.41) is 2.76. The molecular weight excluding hydrogens is 278 g/mol. The monoisotopic (exact) mass is 303 g/mol. The van der Waals surface area contributed by atoms with Gasteiger partial charge in [0.05, 0.1) is 18.9 Å². The zero-order valence-corrected chi connectivity index (χ0v) is 14.0. The lowest BCUT2D eigenvalue weighted by Crippen LogP contribution is -2.24. The van der Waals surface area contributed by atoms with Crippen LogP contribution in [0.4, 0.5) is 0 Å². The summed E-state index contributed by atoms with van der Waals surface area (Å²) in [5.41, 5.74) is 1.61. The van der Waals surface area contributed by atoms with E-state index in [0.29, 0.717) is 23.1 Å². The summed E-state index contributed by atoms with van der Waals surface area (Å²) in [6.45, 7) is 8.02. The summed E-state index contributed by atoms with van der Waals surface area (Å²) < 4.78 is 10.7. The van der Waals surface area contributed by atoms with E-state index >= 15 is 0 Å². The molecule has 4 heteroatoms. The van der Waals surface area contributed by atoms with Gasteiger partial charge in [-0.1, -0.05) is 32.9 Å². The van der Waals surface area contributed by atoms with E-state index in [0.717, 1.165) is 12.0 Å². The topological polar surface area (TPSA) is 47.6 Å². The molecule has 0 radical (unpaired) electrons. The van der Waals surface area contributed by atoms with Gasteiger partial charge in [0.25, 0.3) is 5.91 Å². The molecule has 0 aliphatic heterocycles. The van der Waals surface area contributed by atoms with Gasteiger partial charge >= 0.3 is 0 Å². The van der Waals surface area contributed by atoms with Crippen LogP contribution in [-0.2, 0) is 4.74 Å². The highest BCUT2D eigenvalue weighted by Crippen LogP contribution is 2.24. The molecule has 0 atom stereocenters. The Morgan fingerprint density at radius 3 is 2.64 bits per heavy atom. The molecule has 1 aromatic carbocycles. The van der Waals surface area contributed by atoms with E-state index in [9.17, 15) is 4.79 Å². The zero-order chi connectivity index (χ0) is 16.5. The number of methoxy groups -OCH3 is 1. The van der Waals surface area contributed by atoms with Crippen LogP contribution in [0.5, 0.6) is 5.75 Å². The Hall–Kier alpha value is -2.23. The highest BCUT2D eigenvalue weighted by Gasteiger charge is 2.15. The van der Waals surface area contributed by atoms with Crippen molar-refractivity contribution in [3.05, 3.63) is 53.6 Å². The molecule has 4 nitrogen and oxygen atoms in total. The molecule has 1 aromatic rings. The second-order valence-corrected chi connectivity index (χ2v) is 5.13. The van der Waals surface area contributed by atoms with Gasteiger partial charge in [0, 0.05) is 0 Å². The Bertz CT molecular complexity index is 559. The van der Waals surface area contributed by atoms with E-state index in [4.69, 9.17) is 9.47 Å². The summed E-state index contributed by atoms with van der Waals surface area (Å²) in [6.07, 6.45) is 5.86. The van der Waals surface area contributed by atoms with E-state index < -0.39 is 0 Å². The Morgan fingerprint density at radius 1 is 1.36 bits per heavy atom. The smallest absolute Gasteiger partial charge is 0.261 e. The highest BCUT2D eigenvalue weighted by molar-refractivity contribution is 5.97. The molecule has 1 N–H and O–H groups in total. The molecule has 0 aliphatic carbocycles. The predicted octanol–water partition coefficient (Wildman–Crippen LogP) is 4.35. The van der Waals surface area contributed by atoms with Gasteiger partial charge in [-0.05, 0) is 43.0 Å². The van der Waals surface area contributed by atoms with Gasteiger partial charge in [0.15, 0.2) is 5.88 Å². The molecule has 22 heavy (non-hydrogen) atoms. The summed E-state index contributed by atoms with van der Waals surface area (Å²) in [7, 11) is 1.56. The van der Waals surface area contributed by atoms with Gasteiger partial charge in [-0.15, -0.1) is 0 Å². The maximum atomic E-state index is 12.4.